The number of hydrogen-bond donors (Lipinski definition) is 0. The van der Waals surface area contributed by atoms with Crippen molar-refractivity contribution in [1.82, 2.24) is 0 Å². The fourth-order valence-corrected chi connectivity index (χ4v) is 2.54. The molecule has 0 saturated heterocycles. The van der Waals surface area contributed by atoms with Gasteiger partial charge in [0.15, 0.2) is 0 Å². The van der Waals surface area contributed by atoms with Crippen molar-refractivity contribution in [2.75, 3.05) is 0 Å². The first-order valence-corrected chi connectivity index (χ1v) is 6.76. The summed E-state index contributed by atoms with van der Waals surface area (Å²) in [5, 5.41) is 0. The molecule has 0 aromatic heterocycles. The molecule has 0 aromatic carbocycles. The van der Waals surface area contributed by atoms with Crippen molar-refractivity contribution in [3.05, 3.63) is 12.2 Å². The minimum absolute atomic E-state index is 0.788. The van der Waals surface area contributed by atoms with Gasteiger partial charge in [0, 0.05) is 0 Å². The summed E-state index contributed by atoms with van der Waals surface area (Å²) >= 11 is 0. The largest absolute Gasteiger partial charge is 0.0880 e. The molecule has 88 valence electrons. The van der Waals surface area contributed by atoms with Crippen LogP contribution in [0.25, 0.3) is 0 Å². The van der Waals surface area contributed by atoms with Crippen molar-refractivity contribution in [3.8, 4) is 0 Å². The van der Waals surface area contributed by atoms with Crippen LogP contribution in [0.1, 0.15) is 59.8 Å². The zero-order chi connectivity index (χ0) is 11.3. The highest BCUT2D eigenvalue weighted by atomic mass is 14.2. The molecule has 1 aliphatic rings. The average Bonchev–Trinajstić information content (AvgIpc) is 2.16. The van der Waals surface area contributed by atoms with E-state index in [2.05, 4.69) is 39.8 Å². The van der Waals surface area contributed by atoms with E-state index in [1.54, 1.807) is 0 Å². The summed E-state index contributed by atoms with van der Waals surface area (Å²) < 4.78 is 0. The first kappa shape index (κ1) is 12.8. The van der Waals surface area contributed by atoms with Crippen LogP contribution in [0, 0.1) is 23.7 Å². The monoisotopic (exact) mass is 208 g/mol. The van der Waals surface area contributed by atoms with E-state index in [-0.39, 0.29) is 0 Å². The lowest BCUT2D eigenvalue weighted by Gasteiger charge is -2.24. The molecule has 0 amide bonds. The van der Waals surface area contributed by atoms with E-state index in [1.165, 1.54) is 32.1 Å². The molecule has 0 saturated carbocycles. The van der Waals surface area contributed by atoms with Gasteiger partial charge in [-0.15, -0.1) is 0 Å². The summed E-state index contributed by atoms with van der Waals surface area (Å²) in [6.07, 6.45) is 11.8. The summed E-state index contributed by atoms with van der Waals surface area (Å²) in [5.41, 5.74) is 0. The van der Waals surface area contributed by atoms with Gasteiger partial charge in [-0.05, 0) is 49.4 Å². The maximum atomic E-state index is 2.43. The summed E-state index contributed by atoms with van der Waals surface area (Å²) in [6, 6.07) is 0. The third-order valence-electron chi connectivity index (χ3n) is 3.97. The third kappa shape index (κ3) is 4.86. The summed E-state index contributed by atoms with van der Waals surface area (Å²) in [5.74, 6) is 3.50. The molecule has 0 heteroatoms. The van der Waals surface area contributed by atoms with Crippen LogP contribution in [0.4, 0.5) is 0 Å². The SMILES string of the molecule is CC(C)[C@H]1CC[C@@H](C)C/C=C/[C@@H](C)CC1. The van der Waals surface area contributed by atoms with Crippen LogP contribution < -0.4 is 0 Å². The summed E-state index contributed by atoms with van der Waals surface area (Å²) in [7, 11) is 0. The van der Waals surface area contributed by atoms with E-state index in [0.717, 1.165) is 23.7 Å². The first-order valence-electron chi connectivity index (χ1n) is 6.76. The Morgan fingerprint density at radius 1 is 1.00 bits per heavy atom. The van der Waals surface area contributed by atoms with Gasteiger partial charge in [-0.25, -0.2) is 0 Å². The van der Waals surface area contributed by atoms with Crippen molar-refractivity contribution in [2.45, 2.75) is 59.8 Å². The molecule has 0 fully saturated rings. The van der Waals surface area contributed by atoms with Gasteiger partial charge in [0.2, 0.25) is 0 Å². The number of hydrogen-bond acceptors (Lipinski definition) is 0. The Morgan fingerprint density at radius 3 is 2.33 bits per heavy atom. The predicted octanol–water partition coefficient (Wildman–Crippen LogP) is 5.05. The molecule has 0 spiro atoms. The van der Waals surface area contributed by atoms with Gasteiger partial charge in [-0.1, -0.05) is 46.3 Å². The van der Waals surface area contributed by atoms with Crippen molar-refractivity contribution in [3.63, 3.8) is 0 Å². The van der Waals surface area contributed by atoms with Gasteiger partial charge >= 0.3 is 0 Å². The second-order valence-corrected chi connectivity index (χ2v) is 5.91. The minimum atomic E-state index is 0.788. The van der Waals surface area contributed by atoms with E-state index in [9.17, 15) is 0 Å². The Bertz CT molecular complexity index is 190. The molecule has 3 atom stereocenters. The molecule has 0 N–H and O–H groups in total. The van der Waals surface area contributed by atoms with Crippen molar-refractivity contribution in [1.29, 1.82) is 0 Å². The van der Waals surface area contributed by atoms with Crippen molar-refractivity contribution < 1.29 is 0 Å². The molecule has 0 nitrogen and oxygen atoms in total. The van der Waals surface area contributed by atoms with Gasteiger partial charge in [-0.2, -0.15) is 0 Å². The van der Waals surface area contributed by atoms with Crippen molar-refractivity contribution in [2.24, 2.45) is 23.7 Å². The van der Waals surface area contributed by atoms with E-state index in [1.807, 2.05) is 0 Å². The van der Waals surface area contributed by atoms with Gasteiger partial charge < -0.3 is 0 Å². The first-order chi connectivity index (χ1) is 7.09. The highest BCUT2D eigenvalue weighted by Crippen LogP contribution is 2.28. The molecule has 0 radical (unpaired) electrons. The highest BCUT2D eigenvalue weighted by molar-refractivity contribution is 4.89. The van der Waals surface area contributed by atoms with Crippen LogP contribution in [0.15, 0.2) is 12.2 Å². The molecule has 1 aliphatic carbocycles. The van der Waals surface area contributed by atoms with E-state index in [4.69, 9.17) is 0 Å². The molecular formula is C15H28. The lowest BCUT2D eigenvalue weighted by molar-refractivity contribution is 0.290. The normalized spacial score (nSPS) is 36.5. The quantitative estimate of drug-likeness (QED) is 0.529. The maximum Gasteiger partial charge on any atom is -0.0262 e. The molecule has 15 heavy (non-hydrogen) atoms. The Morgan fingerprint density at radius 2 is 1.67 bits per heavy atom. The minimum Gasteiger partial charge on any atom is -0.0880 e. The fourth-order valence-electron chi connectivity index (χ4n) is 2.54. The van der Waals surface area contributed by atoms with Crippen LogP contribution in [-0.4, -0.2) is 0 Å². The zero-order valence-corrected chi connectivity index (χ0v) is 11.0. The molecule has 0 aliphatic heterocycles. The topological polar surface area (TPSA) is 0 Å². The van der Waals surface area contributed by atoms with Crippen LogP contribution in [-0.2, 0) is 0 Å². The standard InChI is InChI=1S/C15H28/c1-12(2)15-10-8-13(3)6-5-7-14(4)9-11-15/h5-6,12-15H,7-11H2,1-4H3/b6-5+/t13-,14+,15-/m1/s1. The molecule has 0 aromatic rings. The molecule has 0 heterocycles. The fraction of sp³-hybridized carbons (Fsp3) is 0.867. The third-order valence-corrected chi connectivity index (χ3v) is 3.97. The second-order valence-electron chi connectivity index (χ2n) is 5.91. The predicted molar refractivity (Wildman–Crippen MR) is 68.9 cm³/mol. The van der Waals surface area contributed by atoms with Crippen LogP contribution >= 0.6 is 0 Å². The molecule has 1 rings (SSSR count). The van der Waals surface area contributed by atoms with Crippen molar-refractivity contribution >= 4 is 0 Å². The maximum absolute atomic E-state index is 2.43. The average molecular weight is 208 g/mol. The zero-order valence-electron chi connectivity index (χ0n) is 11.0. The van der Waals surface area contributed by atoms with Crippen LogP contribution in [0.2, 0.25) is 0 Å². The second kappa shape index (κ2) is 6.35. The van der Waals surface area contributed by atoms with Crippen LogP contribution in [0.5, 0.6) is 0 Å². The lowest BCUT2D eigenvalue weighted by atomic mass is 9.82. The lowest BCUT2D eigenvalue weighted by Crippen LogP contribution is -2.12. The molecule has 0 bridgehead atoms. The van der Waals surface area contributed by atoms with Gasteiger partial charge in [-0.3, -0.25) is 0 Å². The summed E-state index contributed by atoms with van der Waals surface area (Å²) in [4.78, 5) is 0. The Kier molecular flexibility index (Phi) is 5.42. The Balaban J connectivity index is 2.54. The van der Waals surface area contributed by atoms with Gasteiger partial charge in [0.25, 0.3) is 0 Å². The van der Waals surface area contributed by atoms with Crippen LogP contribution in [0.3, 0.4) is 0 Å². The van der Waals surface area contributed by atoms with E-state index < -0.39 is 0 Å². The Hall–Kier alpha value is -0.260. The smallest absolute Gasteiger partial charge is 0.0262 e. The molecule has 0 unspecified atom stereocenters. The number of allylic oxidation sites excluding steroid dienone is 2. The Labute approximate surface area is 96.2 Å². The number of rotatable bonds is 1. The highest BCUT2D eigenvalue weighted by Gasteiger charge is 2.16. The summed E-state index contributed by atoms with van der Waals surface area (Å²) in [6.45, 7) is 9.54. The van der Waals surface area contributed by atoms with E-state index in [0.29, 0.717) is 0 Å². The van der Waals surface area contributed by atoms with Gasteiger partial charge in [0.1, 0.15) is 0 Å². The van der Waals surface area contributed by atoms with Gasteiger partial charge in [0.05, 0.1) is 0 Å². The molecular weight excluding hydrogens is 180 g/mol. The van der Waals surface area contributed by atoms with E-state index >= 15 is 0 Å².